The van der Waals surface area contributed by atoms with Gasteiger partial charge in [0.05, 0.1) is 18.4 Å². The highest BCUT2D eigenvalue weighted by molar-refractivity contribution is 8.00. The number of methoxy groups -OCH3 is 1. The second-order valence-corrected chi connectivity index (χ2v) is 13.6. The lowest BCUT2D eigenvalue weighted by molar-refractivity contribution is -0.113. The molecule has 0 unspecified atom stereocenters. The van der Waals surface area contributed by atoms with E-state index in [2.05, 4.69) is 36.1 Å². The average molecular weight is 530 g/mol. The molecule has 6 nitrogen and oxygen atoms in total. The van der Waals surface area contributed by atoms with E-state index in [4.69, 9.17) is 4.74 Å². The first-order chi connectivity index (χ1) is 16.8. The Bertz CT molecular complexity index is 1290. The van der Waals surface area contributed by atoms with Crippen molar-refractivity contribution in [3.63, 3.8) is 0 Å². The number of carbonyl (C=O) groups excluding carboxylic acids is 2. The summed E-state index contributed by atoms with van der Waals surface area (Å²) in [5.74, 6) is 0.267. The SMILES string of the molecule is COC(=O)c1c(NC(=O)CSc2ncnc3sc4c(c23)CCCC4)sc2c1CC[C@@H](C(C)(C)C)C2. The van der Waals surface area contributed by atoms with Crippen molar-refractivity contribution in [1.82, 2.24) is 9.97 Å². The summed E-state index contributed by atoms with van der Waals surface area (Å²) in [5, 5.41) is 5.64. The number of hydrogen-bond acceptors (Lipinski definition) is 8. The predicted molar refractivity (Wildman–Crippen MR) is 144 cm³/mol. The van der Waals surface area contributed by atoms with Crippen LogP contribution in [0.1, 0.15) is 71.3 Å². The molecule has 186 valence electrons. The zero-order valence-corrected chi connectivity index (χ0v) is 23.1. The van der Waals surface area contributed by atoms with Crippen LogP contribution in [0.25, 0.3) is 10.2 Å². The topological polar surface area (TPSA) is 81.2 Å². The van der Waals surface area contributed by atoms with Crippen molar-refractivity contribution < 1.29 is 14.3 Å². The van der Waals surface area contributed by atoms with E-state index in [-0.39, 0.29) is 23.0 Å². The first kappa shape index (κ1) is 24.7. The maximum absolute atomic E-state index is 13.0. The molecule has 35 heavy (non-hydrogen) atoms. The molecule has 3 aromatic heterocycles. The number of thioether (sulfide) groups is 1. The number of aryl methyl sites for hydroxylation is 2. The number of anilines is 1. The van der Waals surface area contributed by atoms with Gasteiger partial charge < -0.3 is 10.1 Å². The molecule has 0 saturated carbocycles. The number of nitrogens with one attached hydrogen (secondary N) is 1. The zero-order valence-electron chi connectivity index (χ0n) is 20.7. The Morgan fingerprint density at radius 2 is 1.91 bits per heavy atom. The lowest BCUT2D eigenvalue weighted by atomic mass is 9.72. The number of fused-ring (bicyclic) bond motifs is 4. The van der Waals surface area contributed by atoms with E-state index in [1.54, 1.807) is 17.7 Å². The number of rotatable bonds is 5. The van der Waals surface area contributed by atoms with Crippen LogP contribution in [0.3, 0.4) is 0 Å². The minimum absolute atomic E-state index is 0.137. The standard InChI is InChI=1S/C26H31N3O3S3/c1-26(2,3)14-9-10-16-18(11-14)35-24(21(16)25(31)32-4)29-19(30)12-33-22-20-15-7-5-6-8-17(15)34-23(20)28-13-27-22/h13-14H,5-12H2,1-4H3,(H,29,30)/t14-/m1/s1. The molecule has 0 saturated heterocycles. The van der Waals surface area contributed by atoms with Crippen molar-refractivity contribution in [2.45, 2.75) is 70.7 Å². The molecule has 1 amide bonds. The third-order valence-electron chi connectivity index (χ3n) is 7.19. The van der Waals surface area contributed by atoms with Gasteiger partial charge >= 0.3 is 5.97 Å². The fraction of sp³-hybridized carbons (Fsp3) is 0.538. The van der Waals surface area contributed by atoms with E-state index < -0.39 is 0 Å². The first-order valence-corrected chi connectivity index (χ1v) is 14.8. The van der Waals surface area contributed by atoms with Gasteiger partial charge in [-0.1, -0.05) is 32.5 Å². The van der Waals surface area contributed by atoms with Crippen molar-refractivity contribution in [2.24, 2.45) is 11.3 Å². The van der Waals surface area contributed by atoms with Gasteiger partial charge in [-0.3, -0.25) is 4.79 Å². The number of esters is 1. The number of nitrogens with zero attached hydrogens (tertiary/aromatic N) is 2. The molecule has 3 aromatic rings. The van der Waals surface area contributed by atoms with Crippen LogP contribution >= 0.6 is 34.4 Å². The number of amides is 1. The van der Waals surface area contributed by atoms with E-state index >= 15 is 0 Å². The van der Waals surface area contributed by atoms with Gasteiger partial charge in [-0.25, -0.2) is 14.8 Å². The molecule has 9 heteroatoms. The first-order valence-electron chi connectivity index (χ1n) is 12.2. The Morgan fingerprint density at radius 1 is 1.11 bits per heavy atom. The van der Waals surface area contributed by atoms with Crippen LogP contribution in [0.2, 0.25) is 0 Å². The van der Waals surface area contributed by atoms with Gasteiger partial charge in [0.15, 0.2) is 0 Å². The normalized spacial score (nSPS) is 17.7. The third kappa shape index (κ3) is 4.87. The molecule has 1 atom stereocenters. The molecular formula is C26H31N3O3S3. The molecule has 1 N–H and O–H groups in total. The van der Waals surface area contributed by atoms with Gasteiger partial charge in [0.2, 0.25) is 5.91 Å². The van der Waals surface area contributed by atoms with Crippen LogP contribution in [-0.4, -0.2) is 34.7 Å². The number of hydrogen-bond donors (Lipinski definition) is 1. The van der Waals surface area contributed by atoms with Gasteiger partial charge in [0.1, 0.15) is 21.2 Å². The highest BCUT2D eigenvalue weighted by Crippen LogP contribution is 2.45. The van der Waals surface area contributed by atoms with Crippen LogP contribution in [0.15, 0.2) is 11.4 Å². The molecule has 0 aromatic carbocycles. The smallest absolute Gasteiger partial charge is 0.341 e. The predicted octanol–water partition coefficient (Wildman–Crippen LogP) is 6.30. The van der Waals surface area contributed by atoms with Crippen LogP contribution in [0.5, 0.6) is 0 Å². The van der Waals surface area contributed by atoms with Gasteiger partial charge in [-0.2, -0.15) is 0 Å². The Kier molecular flexibility index (Phi) is 6.94. The average Bonchev–Trinajstić information content (AvgIpc) is 3.39. The van der Waals surface area contributed by atoms with Crippen LogP contribution < -0.4 is 5.32 Å². The zero-order chi connectivity index (χ0) is 24.7. The molecule has 0 spiro atoms. The highest BCUT2D eigenvalue weighted by atomic mass is 32.2. The van der Waals surface area contributed by atoms with Crippen LogP contribution in [0, 0.1) is 11.3 Å². The molecule has 2 aliphatic carbocycles. The molecule has 3 heterocycles. The summed E-state index contributed by atoms with van der Waals surface area (Å²) < 4.78 is 5.09. The van der Waals surface area contributed by atoms with Gasteiger partial charge in [-0.15, -0.1) is 22.7 Å². The molecule has 0 radical (unpaired) electrons. The Balaban J connectivity index is 1.35. The van der Waals surface area contributed by atoms with E-state index in [0.717, 1.165) is 52.9 Å². The number of carbonyl (C=O) groups is 2. The Morgan fingerprint density at radius 3 is 2.69 bits per heavy atom. The minimum atomic E-state index is -0.373. The summed E-state index contributed by atoms with van der Waals surface area (Å²) in [5.41, 5.74) is 3.16. The van der Waals surface area contributed by atoms with Crippen molar-refractivity contribution in [3.8, 4) is 0 Å². The summed E-state index contributed by atoms with van der Waals surface area (Å²) >= 11 is 4.74. The fourth-order valence-electron chi connectivity index (χ4n) is 5.20. The van der Waals surface area contributed by atoms with Gasteiger partial charge in [0.25, 0.3) is 0 Å². The number of aromatic nitrogens is 2. The summed E-state index contributed by atoms with van der Waals surface area (Å²) in [4.78, 5) is 38.3. The quantitative estimate of drug-likeness (QED) is 0.237. The molecular weight excluding hydrogens is 499 g/mol. The number of thiophene rings is 2. The molecule has 0 bridgehead atoms. The Labute approximate surface area is 218 Å². The summed E-state index contributed by atoms with van der Waals surface area (Å²) in [6, 6.07) is 0. The van der Waals surface area contributed by atoms with Gasteiger partial charge in [-0.05, 0) is 67.4 Å². The van der Waals surface area contributed by atoms with Crippen molar-refractivity contribution in [3.05, 3.63) is 32.8 Å². The fourth-order valence-corrected chi connectivity index (χ4v) is 8.65. The molecule has 2 aliphatic rings. The van der Waals surface area contributed by atoms with Crippen molar-refractivity contribution >= 4 is 61.5 Å². The van der Waals surface area contributed by atoms with Crippen LogP contribution in [-0.2, 0) is 35.2 Å². The minimum Gasteiger partial charge on any atom is -0.465 e. The van der Waals surface area contributed by atoms with E-state index in [1.807, 2.05) is 0 Å². The van der Waals surface area contributed by atoms with Crippen molar-refractivity contribution in [1.29, 1.82) is 0 Å². The molecule has 0 aliphatic heterocycles. The highest BCUT2D eigenvalue weighted by Gasteiger charge is 2.34. The lowest BCUT2D eigenvalue weighted by Crippen LogP contribution is -2.26. The lowest BCUT2D eigenvalue weighted by Gasteiger charge is -2.33. The second-order valence-electron chi connectivity index (χ2n) is 10.4. The van der Waals surface area contributed by atoms with Gasteiger partial charge in [0, 0.05) is 15.1 Å². The maximum atomic E-state index is 13.0. The third-order valence-corrected chi connectivity index (χ3v) is 10.5. The molecule has 0 fully saturated rings. The summed E-state index contributed by atoms with van der Waals surface area (Å²) in [6.07, 6.45) is 8.98. The van der Waals surface area contributed by atoms with E-state index in [9.17, 15) is 9.59 Å². The monoisotopic (exact) mass is 529 g/mol. The molecule has 5 rings (SSSR count). The largest absolute Gasteiger partial charge is 0.465 e. The second kappa shape index (κ2) is 9.82. The summed E-state index contributed by atoms with van der Waals surface area (Å²) in [6.45, 7) is 6.81. The van der Waals surface area contributed by atoms with E-state index in [1.165, 1.54) is 58.4 Å². The van der Waals surface area contributed by atoms with E-state index in [0.29, 0.717) is 16.5 Å². The summed E-state index contributed by atoms with van der Waals surface area (Å²) in [7, 11) is 1.40. The van der Waals surface area contributed by atoms with Crippen LogP contribution in [0.4, 0.5) is 5.00 Å². The number of ether oxygens (including phenoxy) is 1. The Hall–Kier alpha value is -1.97. The van der Waals surface area contributed by atoms with Crippen molar-refractivity contribution in [2.75, 3.05) is 18.2 Å². The maximum Gasteiger partial charge on any atom is 0.341 e.